The second-order valence-corrected chi connectivity index (χ2v) is 3.04. The maximum absolute atomic E-state index is 4.79. The Balaban J connectivity index is 3.41. The van der Waals surface area contributed by atoms with Crippen LogP contribution in [0.25, 0.3) is 0 Å². The Morgan fingerprint density at radius 2 is 2.50 bits per heavy atom. The van der Waals surface area contributed by atoms with E-state index < -0.39 is 0 Å². The number of hydrogen-bond acceptors (Lipinski definition) is 2. The molecule has 0 radical (unpaired) electrons. The van der Waals surface area contributed by atoms with E-state index in [-0.39, 0.29) is 0 Å². The minimum atomic E-state index is 0.624. The molecule has 3 nitrogen and oxygen atoms in total. The van der Waals surface area contributed by atoms with Gasteiger partial charge in [-0.2, -0.15) is 0 Å². The fourth-order valence-electron chi connectivity index (χ4n) is 0.285. The molecule has 44 valence electrons. The summed E-state index contributed by atoms with van der Waals surface area (Å²) in [5.74, 6) is 0. The van der Waals surface area contributed by atoms with Gasteiger partial charge in [0, 0.05) is 22.6 Å². The Labute approximate surface area is 67.3 Å². The van der Waals surface area contributed by atoms with Crippen molar-refractivity contribution >= 4 is 44.2 Å². The highest BCUT2D eigenvalue weighted by Gasteiger charge is 1.92. The normalized spacial score (nSPS) is 9.75. The van der Waals surface area contributed by atoms with Crippen molar-refractivity contribution in [2.24, 2.45) is 0 Å². The fraction of sp³-hybridized carbons (Fsp3) is 0. The van der Waals surface area contributed by atoms with E-state index in [1.54, 1.807) is 4.34 Å². The maximum atomic E-state index is 4.79. The summed E-state index contributed by atoms with van der Waals surface area (Å²) in [4.78, 5) is 0. The summed E-state index contributed by atoms with van der Waals surface area (Å²) in [7, 11) is 2.44. The lowest BCUT2D eigenvalue weighted by Crippen LogP contribution is -1.79. The lowest BCUT2D eigenvalue weighted by Gasteiger charge is -1.83. The number of nitrogens with zero attached hydrogens (tertiary/aromatic N) is 2. The van der Waals surface area contributed by atoms with Gasteiger partial charge < -0.3 is 0 Å². The molecule has 0 amide bonds. The molecular weight excluding hydrogens is 256 g/mol. The Kier molecular flexibility index (Phi) is 2.00. The molecule has 0 saturated carbocycles. The molecule has 0 aromatic carbocycles. The monoisotopic (exact) mass is 259 g/mol. The first-order chi connectivity index (χ1) is 3.72. The minimum Gasteiger partial charge on any atom is -0.280 e. The molecule has 1 rings (SSSR count). The van der Waals surface area contributed by atoms with Crippen molar-refractivity contribution in [3.63, 3.8) is 0 Å². The average molecular weight is 259 g/mol. The zero-order valence-corrected chi connectivity index (χ0v) is 7.89. The largest absolute Gasteiger partial charge is 0.280 e. The van der Waals surface area contributed by atoms with E-state index in [0.717, 1.165) is 3.83 Å². The zero-order chi connectivity index (χ0) is 6.15. The van der Waals surface area contributed by atoms with Gasteiger partial charge in [0.2, 0.25) is 0 Å². The molecule has 0 bridgehead atoms. The number of aromatic nitrogens is 3. The molecule has 6 heteroatoms. The molecule has 0 aliphatic carbocycles. The summed E-state index contributed by atoms with van der Waals surface area (Å²) in [6.07, 6.45) is 0. The highest BCUT2D eigenvalue weighted by molar-refractivity contribution is 14.1. The van der Waals surface area contributed by atoms with Crippen LogP contribution in [0.5, 0.6) is 0 Å². The summed E-state index contributed by atoms with van der Waals surface area (Å²) in [5.41, 5.74) is 0. The Hall–Kier alpha value is 0.520. The SMILES string of the molecule is Pn1c(I)n[nH]c1=S. The van der Waals surface area contributed by atoms with Gasteiger partial charge in [-0.05, 0) is 21.6 Å². The highest BCUT2D eigenvalue weighted by Crippen LogP contribution is 2.03. The molecule has 1 heterocycles. The molecule has 8 heavy (non-hydrogen) atoms. The van der Waals surface area contributed by atoms with Gasteiger partial charge in [0.15, 0.2) is 8.60 Å². The van der Waals surface area contributed by atoms with Crippen LogP contribution in [0.2, 0.25) is 0 Å². The molecule has 1 N–H and O–H groups in total. The number of H-pyrrole nitrogens is 1. The van der Waals surface area contributed by atoms with Gasteiger partial charge in [-0.3, -0.25) is 9.44 Å². The van der Waals surface area contributed by atoms with E-state index >= 15 is 0 Å². The second-order valence-electron chi connectivity index (χ2n) is 1.17. The van der Waals surface area contributed by atoms with E-state index in [4.69, 9.17) is 12.2 Å². The van der Waals surface area contributed by atoms with E-state index in [1.807, 2.05) is 0 Å². The standard InChI is InChI=1S/C2H3IN3PS/c3-1-4-5-2(8)6(1)7/h7H2,(H,5,8). The van der Waals surface area contributed by atoms with Crippen molar-refractivity contribution < 1.29 is 0 Å². The number of nitrogens with one attached hydrogen (secondary N) is 1. The van der Waals surface area contributed by atoms with Crippen LogP contribution in [-0.2, 0) is 0 Å². The first-order valence-electron chi connectivity index (χ1n) is 1.80. The van der Waals surface area contributed by atoms with Crippen molar-refractivity contribution in [1.82, 2.24) is 14.5 Å². The predicted octanol–water partition coefficient (Wildman–Crippen LogP) is 1.18. The van der Waals surface area contributed by atoms with Crippen LogP contribution < -0.4 is 0 Å². The lowest BCUT2D eigenvalue weighted by atomic mass is 11.3. The van der Waals surface area contributed by atoms with Crippen LogP contribution in [0.3, 0.4) is 0 Å². The molecule has 1 unspecified atom stereocenters. The minimum absolute atomic E-state index is 0.624. The molecule has 0 spiro atoms. The molecule has 0 aliphatic rings. The number of hydrogen-bond donors (Lipinski definition) is 1. The third-order valence-corrected chi connectivity index (χ3v) is 2.93. The van der Waals surface area contributed by atoms with Gasteiger partial charge in [0.05, 0.1) is 0 Å². The van der Waals surface area contributed by atoms with Crippen molar-refractivity contribution in [3.8, 4) is 0 Å². The van der Waals surface area contributed by atoms with Crippen molar-refractivity contribution in [3.05, 3.63) is 8.60 Å². The summed E-state index contributed by atoms with van der Waals surface area (Å²) >= 11 is 6.87. The van der Waals surface area contributed by atoms with Crippen LogP contribution in [0.1, 0.15) is 0 Å². The number of halogens is 1. The van der Waals surface area contributed by atoms with E-state index in [0.29, 0.717) is 4.77 Å². The molecular formula is C2H3IN3PS. The van der Waals surface area contributed by atoms with Gasteiger partial charge in [0.25, 0.3) is 0 Å². The third-order valence-electron chi connectivity index (χ3n) is 0.661. The Bertz CT molecular complexity index is 240. The average Bonchev–Trinajstić information content (AvgIpc) is 1.98. The van der Waals surface area contributed by atoms with E-state index in [1.165, 1.54) is 0 Å². The van der Waals surface area contributed by atoms with Gasteiger partial charge in [-0.15, -0.1) is 5.10 Å². The van der Waals surface area contributed by atoms with E-state index in [9.17, 15) is 0 Å². The highest BCUT2D eigenvalue weighted by atomic mass is 127. The number of aromatic amines is 1. The molecule has 1 aromatic heterocycles. The Morgan fingerprint density at radius 3 is 2.62 bits per heavy atom. The van der Waals surface area contributed by atoms with Crippen molar-refractivity contribution in [2.45, 2.75) is 0 Å². The molecule has 0 fully saturated rings. The van der Waals surface area contributed by atoms with Gasteiger partial charge in [0.1, 0.15) is 0 Å². The van der Waals surface area contributed by atoms with Crippen molar-refractivity contribution in [1.29, 1.82) is 0 Å². The maximum Gasteiger partial charge on any atom is 0.198 e. The van der Waals surface area contributed by atoms with Gasteiger partial charge in [-0.1, -0.05) is 0 Å². The van der Waals surface area contributed by atoms with Crippen LogP contribution in [0, 0.1) is 8.60 Å². The van der Waals surface area contributed by atoms with Crippen LogP contribution in [0.4, 0.5) is 0 Å². The molecule has 0 saturated heterocycles. The summed E-state index contributed by atoms with van der Waals surface area (Å²) in [6.45, 7) is 0. The second kappa shape index (κ2) is 2.41. The molecule has 0 aliphatic heterocycles. The topological polar surface area (TPSA) is 33.6 Å². The van der Waals surface area contributed by atoms with Gasteiger partial charge >= 0.3 is 0 Å². The van der Waals surface area contributed by atoms with Crippen LogP contribution >= 0.6 is 44.2 Å². The lowest BCUT2D eigenvalue weighted by molar-refractivity contribution is 1.06. The quantitative estimate of drug-likeness (QED) is 0.431. The van der Waals surface area contributed by atoms with E-state index in [2.05, 4.69) is 42.2 Å². The predicted molar refractivity (Wildman–Crippen MR) is 45.2 cm³/mol. The fourth-order valence-corrected chi connectivity index (χ4v) is 1.06. The zero-order valence-electron chi connectivity index (χ0n) is 3.76. The summed E-state index contributed by atoms with van der Waals surface area (Å²) < 4.78 is 3.19. The number of rotatable bonds is 0. The van der Waals surface area contributed by atoms with Crippen molar-refractivity contribution in [2.75, 3.05) is 0 Å². The van der Waals surface area contributed by atoms with Crippen LogP contribution in [0.15, 0.2) is 0 Å². The first-order valence-corrected chi connectivity index (χ1v) is 3.80. The smallest absolute Gasteiger partial charge is 0.198 e. The Morgan fingerprint density at radius 1 is 1.88 bits per heavy atom. The van der Waals surface area contributed by atoms with Gasteiger partial charge in [-0.25, -0.2) is 0 Å². The third kappa shape index (κ3) is 1.09. The summed E-state index contributed by atoms with van der Waals surface area (Å²) in [5, 5.41) is 6.45. The first kappa shape index (κ1) is 6.64. The summed E-state index contributed by atoms with van der Waals surface area (Å²) in [6, 6.07) is 0. The molecule has 1 aromatic rings. The molecule has 1 atom stereocenters. The van der Waals surface area contributed by atoms with Crippen LogP contribution in [-0.4, -0.2) is 14.5 Å².